The third kappa shape index (κ3) is 4.70. The van der Waals surface area contributed by atoms with Gasteiger partial charge < -0.3 is 5.73 Å². The highest BCUT2D eigenvalue weighted by Gasteiger charge is 2.27. The molecule has 0 aliphatic carbocycles. The molecule has 1 amide bonds. The Kier molecular flexibility index (Phi) is 6.64. The first-order valence-corrected chi connectivity index (χ1v) is 12.2. The fourth-order valence-electron chi connectivity index (χ4n) is 3.69. The number of nitrogens with zero attached hydrogens (tertiary/aromatic N) is 2. The van der Waals surface area contributed by atoms with Crippen molar-refractivity contribution >= 4 is 40.6 Å². The third-order valence-corrected chi connectivity index (χ3v) is 8.91. The monoisotopic (exact) mass is 447 g/mol. The summed E-state index contributed by atoms with van der Waals surface area (Å²) in [5.41, 5.74) is 6.70. The zero-order valence-electron chi connectivity index (χ0n) is 17.9. The van der Waals surface area contributed by atoms with Gasteiger partial charge in [0.2, 0.25) is 0 Å². The largest absolute Gasteiger partial charge is 0.365 e. The van der Waals surface area contributed by atoms with Crippen molar-refractivity contribution < 1.29 is 4.79 Å². The fraction of sp³-hybridized carbons (Fsp3) is 0. The predicted octanol–water partition coefficient (Wildman–Crippen LogP) is 4.89. The van der Waals surface area contributed by atoms with Crippen LogP contribution in [0.2, 0.25) is 0 Å². The van der Waals surface area contributed by atoms with Crippen LogP contribution in [-0.4, -0.2) is 5.91 Å². The highest BCUT2D eigenvalue weighted by molar-refractivity contribution is 7.87. The summed E-state index contributed by atoms with van der Waals surface area (Å²) in [6.45, 7) is 0. The van der Waals surface area contributed by atoms with Crippen molar-refractivity contribution in [3.05, 3.63) is 126 Å². The van der Waals surface area contributed by atoms with E-state index in [0.29, 0.717) is 5.56 Å². The molecule has 4 rings (SSSR count). The molecule has 0 fully saturated rings. The lowest BCUT2D eigenvalue weighted by Crippen LogP contribution is -2.25. The van der Waals surface area contributed by atoms with Crippen LogP contribution in [0.4, 0.5) is 5.69 Å². The van der Waals surface area contributed by atoms with Crippen molar-refractivity contribution in [1.29, 1.82) is 5.26 Å². The molecular weight excluding hydrogens is 425 g/mol. The number of amides is 1. The molecule has 5 heteroatoms. The molecule has 0 unspecified atom stereocenters. The Balaban J connectivity index is 1.96. The van der Waals surface area contributed by atoms with Crippen molar-refractivity contribution in [1.82, 2.24) is 0 Å². The standard InChI is InChI=1S/C28H22N3OP/c29-21-23(28(30)32)20-22-16-18-24(19-17-22)31-33(25-10-4-1-5-11-25,26-12-6-2-7-13-26)27-14-8-3-9-15-27/h1-20H,(H2,30,32). The average molecular weight is 447 g/mol. The molecule has 0 aromatic heterocycles. The van der Waals surface area contributed by atoms with Gasteiger partial charge in [-0.05, 0) is 23.8 Å². The molecular formula is C28H22N3OP. The van der Waals surface area contributed by atoms with Crippen LogP contribution in [0.1, 0.15) is 5.56 Å². The second-order valence-electron chi connectivity index (χ2n) is 7.37. The minimum absolute atomic E-state index is 0.0839. The van der Waals surface area contributed by atoms with E-state index in [1.54, 1.807) is 0 Å². The normalized spacial score (nSPS) is 11.4. The SMILES string of the molecule is N#CC(=Cc1ccc(N=P(c2ccccc2)(c2ccccc2)c2ccccc2)cc1)C(N)=O. The van der Waals surface area contributed by atoms with E-state index < -0.39 is 13.0 Å². The van der Waals surface area contributed by atoms with Crippen LogP contribution in [0.5, 0.6) is 0 Å². The van der Waals surface area contributed by atoms with Crippen molar-refractivity contribution in [2.45, 2.75) is 0 Å². The summed E-state index contributed by atoms with van der Waals surface area (Å²) in [6.07, 6.45) is 1.49. The van der Waals surface area contributed by atoms with Gasteiger partial charge in [-0.2, -0.15) is 5.26 Å². The summed E-state index contributed by atoms with van der Waals surface area (Å²) in [6, 6.07) is 40.5. The molecule has 4 nitrogen and oxygen atoms in total. The Hall–Kier alpha value is -4.19. The van der Waals surface area contributed by atoms with Gasteiger partial charge in [-0.1, -0.05) is 103 Å². The van der Waals surface area contributed by atoms with Gasteiger partial charge in [0.15, 0.2) is 0 Å². The Morgan fingerprint density at radius 2 is 1.15 bits per heavy atom. The number of rotatable bonds is 6. The fourth-order valence-corrected chi connectivity index (χ4v) is 7.22. The van der Waals surface area contributed by atoms with E-state index in [1.165, 1.54) is 6.08 Å². The van der Waals surface area contributed by atoms with E-state index in [4.69, 9.17) is 15.7 Å². The Labute approximate surface area is 193 Å². The van der Waals surface area contributed by atoms with Gasteiger partial charge in [-0.15, -0.1) is 0 Å². The maximum Gasteiger partial charge on any atom is 0.259 e. The lowest BCUT2D eigenvalue weighted by atomic mass is 10.1. The zero-order chi connectivity index (χ0) is 23.1. The average Bonchev–Trinajstić information content (AvgIpc) is 2.88. The molecule has 0 aliphatic heterocycles. The van der Waals surface area contributed by atoms with Crippen molar-refractivity contribution in [3.63, 3.8) is 0 Å². The van der Waals surface area contributed by atoms with Crippen LogP contribution in [0.3, 0.4) is 0 Å². The quantitative estimate of drug-likeness (QED) is 0.260. The summed E-state index contributed by atoms with van der Waals surface area (Å²) in [5, 5.41) is 12.6. The van der Waals surface area contributed by atoms with Crippen molar-refractivity contribution in [3.8, 4) is 6.07 Å². The number of hydrogen-bond donors (Lipinski definition) is 1. The number of nitrogens with two attached hydrogens (primary N) is 1. The van der Waals surface area contributed by atoms with Gasteiger partial charge in [0.05, 0.1) is 12.7 Å². The molecule has 0 saturated heterocycles. The van der Waals surface area contributed by atoms with E-state index in [1.807, 2.05) is 84.9 Å². The molecule has 33 heavy (non-hydrogen) atoms. The van der Waals surface area contributed by atoms with Gasteiger partial charge in [-0.3, -0.25) is 9.54 Å². The third-order valence-electron chi connectivity index (χ3n) is 5.25. The first kappa shape index (κ1) is 22.0. The van der Waals surface area contributed by atoms with Crippen LogP contribution >= 0.6 is 7.05 Å². The Morgan fingerprint density at radius 3 is 1.52 bits per heavy atom. The topological polar surface area (TPSA) is 79.2 Å². The lowest BCUT2D eigenvalue weighted by Gasteiger charge is -2.27. The number of carbonyl (C=O) groups excluding carboxylic acids is 1. The molecule has 0 radical (unpaired) electrons. The summed E-state index contributed by atoms with van der Waals surface area (Å²) in [7, 11) is -2.36. The second kappa shape index (κ2) is 9.96. The summed E-state index contributed by atoms with van der Waals surface area (Å²) >= 11 is 0. The lowest BCUT2D eigenvalue weighted by molar-refractivity contribution is -0.114. The Morgan fingerprint density at radius 1 is 0.727 bits per heavy atom. The van der Waals surface area contributed by atoms with Gasteiger partial charge in [0.25, 0.3) is 5.91 Å². The number of nitriles is 1. The van der Waals surface area contributed by atoms with Crippen LogP contribution < -0.4 is 21.6 Å². The van der Waals surface area contributed by atoms with Gasteiger partial charge >= 0.3 is 0 Å². The van der Waals surface area contributed by atoms with E-state index in [9.17, 15) is 4.79 Å². The molecule has 0 aliphatic rings. The first-order valence-electron chi connectivity index (χ1n) is 10.4. The molecule has 0 saturated carbocycles. The number of benzene rings is 4. The van der Waals surface area contributed by atoms with Crippen molar-refractivity contribution in [2.24, 2.45) is 10.5 Å². The number of primary amides is 1. The summed E-state index contributed by atoms with van der Waals surface area (Å²) in [5.74, 6) is -0.742. The second-order valence-corrected chi connectivity index (χ2v) is 10.4. The zero-order valence-corrected chi connectivity index (χ0v) is 18.8. The molecule has 4 aromatic rings. The molecule has 160 valence electrons. The molecule has 0 spiro atoms. The maximum atomic E-state index is 11.4. The van der Waals surface area contributed by atoms with E-state index in [0.717, 1.165) is 21.6 Å². The maximum absolute atomic E-state index is 11.4. The van der Waals surface area contributed by atoms with Crippen LogP contribution in [-0.2, 0) is 4.79 Å². The summed E-state index contributed by atoms with van der Waals surface area (Å²) < 4.78 is 5.41. The van der Waals surface area contributed by atoms with Crippen LogP contribution in [0, 0.1) is 11.3 Å². The predicted molar refractivity (Wildman–Crippen MR) is 136 cm³/mol. The molecule has 2 N–H and O–H groups in total. The molecule has 4 aromatic carbocycles. The highest BCUT2D eigenvalue weighted by atomic mass is 31.2. The first-order chi connectivity index (χ1) is 16.1. The number of hydrogen-bond acceptors (Lipinski definition) is 3. The van der Waals surface area contributed by atoms with Gasteiger partial charge in [0, 0.05) is 15.9 Å². The number of carbonyl (C=O) groups is 1. The van der Waals surface area contributed by atoms with Crippen molar-refractivity contribution in [2.75, 3.05) is 0 Å². The minimum Gasteiger partial charge on any atom is -0.365 e. The smallest absolute Gasteiger partial charge is 0.259 e. The Bertz CT molecular complexity index is 1270. The molecule has 0 heterocycles. The molecule has 0 bridgehead atoms. The van der Waals surface area contributed by atoms with Gasteiger partial charge in [0.1, 0.15) is 11.6 Å². The summed E-state index contributed by atoms with van der Waals surface area (Å²) in [4.78, 5) is 11.4. The van der Waals surface area contributed by atoms with Crippen LogP contribution in [0.25, 0.3) is 6.08 Å². The van der Waals surface area contributed by atoms with E-state index in [2.05, 4.69) is 36.4 Å². The molecule has 0 atom stereocenters. The van der Waals surface area contributed by atoms with Crippen LogP contribution in [0.15, 0.2) is 126 Å². The minimum atomic E-state index is -2.36. The van der Waals surface area contributed by atoms with E-state index in [-0.39, 0.29) is 5.57 Å². The highest BCUT2D eigenvalue weighted by Crippen LogP contribution is 2.49. The van der Waals surface area contributed by atoms with E-state index >= 15 is 0 Å². The van der Waals surface area contributed by atoms with Gasteiger partial charge in [-0.25, -0.2) is 0 Å².